The van der Waals surface area contributed by atoms with E-state index in [2.05, 4.69) is 45.0 Å². The van der Waals surface area contributed by atoms with Gasteiger partial charge in [0, 0.05) is 25.2 Å². The summed E-state index contributed by atoms with van der Waals surface area (Å²) in [5, 5.41) is 3.40. The monoisotopic (exact) mass is 170 g/mol. The van der Waals surface area contributed by atoms with Gasteiger partial charge < -0.3 is 5.32 Å². The van der Waals surface area contributed by atoms with Crippen molar-refractivity contribution in [2.45, 2.75) is 39.8 Å². The summed E-state index contributed by atoms with van der Waals surface area (Å²) < 4.78 is 0. The molecule has 0 aliphatic carbocycles. The molecule has 0 bridgehead atoms. The molecular weight excluding hydrogens is 148 g/mol. The number of rotatable bonds is 2. The minimum absolute atomic E-state index is 0.430. The van der Waals surface area contributed by atoms with Crippen LogP contribution in [0.4, 0.5) is 0 Å². The van der Waals surface area contributed by atoms with Gasteiger partial charge in [0.05, 0.1) is 0 Å². The second-order valence-corrected chi connectivity index (χ2v) is 4.85. The van der Waals surface area contributed by atoms with Crippen LogP contribution < -0.4 is 5.32 Å². The summed E-state index contributed by atoms with van der Waals surface area (Å²) in [6.07, 6.45) is 0. The number of likely N-dealkylation sites (tertiary alicyclic amines) is 1. The van der Waals surface area contributed by atoms with Crippen molar-refractivity contribution in [3.8, 4) is 0 Å². The number of hydrogen-bond donors (Lipinski definition) is 1. The summed E-state index contributed by atoms with van der Waals surface area (Å²) in [6.45, 7) is 11.6. The topological polar surface area (TPSA) is 15.3 Å². The minimum atomic E-state index is 0.430. The summed E-state index contributed by atoms with van der Waals surface area (Å²) in [5.41, 5.74) is 0.430. The maximum atomic E-state index is 3.40. The normalized spacial score (nSPS) is 30.0. The third kappa shape index (κ3) is 1.80. The highest BCUT2D eigenvalue weighted by atomic mass is 15.2. The molecular formula is C10H22N2. The average Bonchev–Trinajstić information content (AvgIpc) is 2.25. The van der Waals surface area contributed by atoms with Crippen molar-refractivity contribution in [1.82, 2.24) is 10.2 Å². The zero-order valence-corrected chi connectivity index (χ0v) is 9.02. The first-order valence-electron chi connectivity index (χ1n) is 4.88. The molecule has 1 rings (SSSR count). The first kappa shape index (κ1) is 10.0. The second-order valence-electron chi connectivity index (χ2n) is 4.85. The van der Waals surface area contributed by atoms with Crippen molar-refractivity contribution in [2.24, 2.45) is 5.41 Å². The Morgan fingerprint density at radius 1 is 1.42 bits per heavy atom. The largest absolute Gasteiger partial charge is 0.315 e. The fraction of sp³-hybridized carbons (Fsp3) is 1.00. The smallest absolute Gasteiger partial charge is 0.0255 e. The number of hydrogen-bond acceptors (Lipinski definition) is 2. The van der Waals surface area contributed by atoms with Gasteiger partial charge in [-0.25, -0.2) is 0 Å². The standard InChI is InChI=1S/C10H22N2/c1-8(2)12-6-9(11-5)10(3,4)7-12/h8-9,11H,6-7H2,1-5H3. The van der Waals surface area contributed by atoms with Crippen LogP contribution in [0.5, 0.6) is 0 Å². The van der Waals surface area contributed by atoms with Gasteiger partial charge in [0.1, 0.15) is 0 Å². The van der Waals surface area contributed by atoms with Gasteiger partial charge in [0.2, 0.25) is 0 Å². The van der Waals surface area contributed by atoms with E-state index in [9.17, 15) is 0 Å². The van der Waals surface area contributed by atoms with Crippen molar-refractivity contribution in [1.29, 1.82) is 0 Å². The second kappa shape index (κ2) is 3.35. The van der Waals surface area contributed by atoms with Crippen LogP contribution >= 0.6 is 0 Å². The highest BCUT2D eigenvalue weighted by Crippen LogP contribution is 2.30. The van der Waals surface area contributed by atoms with Crippen molar-refractivity contribution < 1.29 is 0 Å². The summed E-state index contributed by atoms with van der Waals surface area (Å²) in [6, 6.07) is 1.34. The Kier molecular flexibility index (Phi) is 2.79. The lowest BCUT2D eigenvalue weighted by molar-refractivity contribution is 0.242. The Hall–Kier alpha value is -0.0800. The van der Waals surface area contributed by atoms with Crippen molar-refractivity contribution >= 4 is 0 Å². The van der Waals surface area contributed by atoms with Crippen molar-refractivity contribution in [3.63, 3.8) is 0 Å². The molecule has 0 aromatic heterocycles. The summed E-state index contributed by atoms with van der Waals surface area (Å²) in [5.74, 6) is 0. The zero-order chi connectivity index (χ0) is 9.35. The third-order valence-corrected chi connectivity index (χ3v) is 3.05. The van der Waals surface area contributed by atoms with Gasteiger partial charge in [-0.2, -0.15) is 0 Å². The predicted octanol–water partition coefficient (Wildman–Crippen LogP) is 1.32. The lowest BCUT2D eigenvalue weighted by Gasteiger charge is -2.25. The molecule has 0 saturated carbocycles. The molecule has 1 aliphatic rings. The maximum absolute atomic E-state index is 3.40. The molecule has 12 heavy (non-hydrogen) atoms. The molecule has 0 radical (unpaired) electrons. The lowest BCUT2D eigenvalue weighted by Crippen LogP contribution is -2.38. The van der Waals surface area contributed by atoms with Crippen LogP contribution in [0.25, 0.3) is 0 Å². The first-order valence-corrected chi connectivity index (χ1v) is 4.88. The van der Waals surface area contributed by atoms with Gasteiger partial charge in [-0.15, -0.1) is 0 Å². The Morgan fingerprint density at radius 3 is 2.25 bits per heavy atom. The lowest BCUT2D eigenvalue weighted by atomic mass is 9.88. The molecule has 1 heterocycles. The van der Waals surface area contributed by atoms with E-state index in [0.717, 1.165) is 0 Å². The predicted molar refractivity (Wildman–Crippen MR) is 53.3 cm³/mol. The van der Waals surface area contributed by atoms with Gasteiger partial charge in [0.25, 0.3) is 0 Å². The van der Waals surface area contributed by atoms with E-state index >= 15 is 0 Å². The van der Waals surface area contributed by atoms with Gasteiger partial charge in [-0.05, 0) is 26.3 Å². The van der Waals surface area contributed by atoms with Crippen LogP contribution in [-0.2, 0) is 0 Å². The number of nitrogens with zero attached hydrogens (tertiary/aromatic N) is 1. The van der Waals surface area contributed by atoms with E-state index in [1.165, 1.54) is 13.1 Å². The van der Waals surface area contributed by atoms with Crippen molar-refractivity contribution in [3.05, 3.63) is 0 Å². The molecule has 1 saturated heterocycles. The average molecular weight is 170 g/mol. The van der Waals surface area contributed by atoms with Gasteiger partial charge in [0.15, 0.2) is 0 Å². The van der Waals surface area contributed by atoms with Crippen LogP contribution in [0, 0.1) is 5.41 Å². The molecule has 72 valence electrons. The highest BCUT2D eigenvalue weighted by Gasteiger charge is 2.38. The molecule has 2 nitrogen and oxygen atoms in total. The Labute approximate surface area is 76.3 Å². The van der Waals surface area contributed by atoms with Crippen molar-refractivity contribution in [2.75, 3.05) is 20.1 Å². The third-order valence-electron chi connectivity index (χ3n) is 3.05. The molecule has 0 aromatic rings. The molecule has 1 N–H and O–H groups in total. The van der Waals surface area contributed by atoms with E-state index in [1.807, 2.05) is 0 Å². The molecule has 1 fully saturated rings. The molecule has 0 spiro atoms. The van der Waals surface area contributed by atoms with Crippen LogP contribution in [0.2, 0.25) is 0 Å². The highest BCUT2D eigenvalue weighted by molar-refractivity contribution is 4.95. The summed E-state index contributed by atoms with van der Waals surface area (Å²) in [4.78, 5) is 2.54. The quantitative estimate of drug-likeness (QED) is 0.672. The molecule has 1 aliphatic heterocycles. The van der Waals surface area contributed by atoms with E-state index in [4.69, 9.17) is 0 Å². The van der Waals surface area contributed by atoms with Gasteiger partial charge in [-0.1, -0.05) is 13.8 Å². The zero-order valence-electron chi connectivity index (χ0n) is 9.02. The van der Waals surface area contributed by atoms with Crippen LogP contribution in [0.1, 0.15) is 27.7 Å². The van der Waals surface area contributed by atoms with E-state index < -0.39 is 0 Å². The van der Waals surface area contributed by atoms with E-state index in [0.29, 0.717) is 17.5 Å². The fourth-order valence-electron chi connectivity index (χ4n) is 2.06. The van der Waals surface area contributed by atoms with Gasteiger partial charge in [-0.3, -0.25) is 4.90 Å². The number of likely N-dealkylation sites (N-methyl/N-ethyl adjacent to an activating group) is 1. The van der Waals surface area contributed by atoms with Crippen LogP contribution in [-0.4, -0.2) is 37.1 Å². The summed E-state index contributed by atoms with van der Waals surface area (Å²) >= 11 is 0. The Bertz CT molecular complexity index is 152. The van der Waals surface area contributed by atoms with E-state index in [1.54, 1.807) is 0 Å². The molecule has 0 aromatic carbocycles. The molecule has 0 amide bonds. The van der Waals surface area contributed by atoms with Gasteiger partial charge >= 0.3 is 0 Å². The first-order chi connectivity index (χ1) is 5.47. The number of nitrogens with one attached hydrogen (secondary N) is 1. The molecule has 1 atom stereocenters. The van der Waals surface area contributed by atoms with Crippen LogP contribution in [0.15, 0.2) is 0 Å². The Balaban J connectivity index is 2.60. The SMILES string of the molecule is CNC1CN(C(C)C)CC1(C)C. The minimum Gasteiger partial charge on any atom is -0.315 e. The fourth-order valence-corrected chi connectivity index (χ4v) is 2.06. The summed E-state index contributed by atoms with van der Waals surface area (Å²) in [7, 11) is 2.07. The molecule has 2 heteroatoms. The Morgan fingerprint density at radius 2 is 2.00 bits per heavy atom. The maximum Gasteiger partial charge on any atom is 0.0255 e. The molecule has 1 unspecified atom stereocenters. The van der Waals surface area contributed by atoms with Crippen LogP contribution in [0.3, 0.4) is 0 Å². The van der Waals surface area contributed by atoms with E-state index in [-0.39, 0.29) is 0 Å².